The maximum absolute atomic E-state index is 10.6. The van der Waals surface area contributed by atoms with Crippen LogP contribution in [0.5, 0.6) is 0 Å². The van der Waals surface area contributed by atoms with Gasteiger partial charge in [-0.2, -0.15) is 0 Å². The van der Waals surface area contributed by atoms with Gasteiger partial charge in [0.05, 0.1) is 6.61 Å². The molecule has 82 valence electrons. The van der Waals surface area contributed by atoms with Gasteiger partial charge in [-0.1, -0.05) is 0 Å². The summed E-state index contributed by atoms with van der Waals surface area (Å²) in [6.07, 6.45) is 0.950. The molecule has 1 aliphatic rings. The summed E-state index contributed by atoms with van der Waals surface area (Å²) in [5.41, 5.74) is 0. The van der Waals surface area contributed by atoms with Crippen molar-refractivity contribution < 1.29 is 15.0 Å². The molecule has 1 heterocycles. The number of piperidine rings is 1. The van der Waals surface area contributed by atoms with Crippen molar-refractivity contribution in [3.63, 3.8) is 0 Å². The monoisotopic (exact) mass is 202 g/mol. The van der Waals surface area contributed by atoms with Crippen molar-refractivity contribution in [3.05, 3.63) is 0 Å². The number of carboxylic acid groups (broad SMARTS) is 1. The summed E-state index contributed by atoms with van der Waals surface area (Å²) in [6, 6.07) is 0.135. The predicted molar refractivity (Wildman–Crippen MR) is 52.3 cm³/mol. The van der Waals surface area contributed by atoms with Gasteiger partial charge in [0.1, 0.15) is 0 Å². The van der Waals surface area contributed by atoms with Crippen LogP contribution in [0.1, 0.15) is 12.8 Å². The van der Waals surface area contributed by atoms with E-state index >= 15 is 0 Å². The van der Waals surface area contributed by atoms with Crippen LogP contribution in [0.25, 0.3) is 0 Å². The van der Waals surface area contributed by atoms with Gasteiger partial charge < -0.3 is 20.4 Å². The summed E-state index contributed by atoms with van der Waals surface area (Å²) in [6.45, 7) is 1.56. The first kappa shape index (κ1) is 11.3. The van der Waals surface area contributed by atoms with Gasteiger partial charge in [0, 0.05) is 19.6 Å². The summed E-state index contributed by atoms with van der Waals surface area (Å²) in [5.74, 6) is 0.370. The lowest BCUT2D eigenvalue weighted by Gasteiger charge is -2.31. The zero-order valence-corrected chi connectivity index (χ0v) is 8.44. The molecule has 2 unspecified atom stereocenters. The summed E-state index contributed by atoms with van der Waals surface area (Å²) in [4.78, 5) is 11.9. The van der Waals surface area contributed by atoms with Crippen LogP contribution in [0, 0.1) is 5.92 Å². The van der Waals surface area contributed by atoms with Gasteiger partial charge >= 0.3 is 6.09 Å². The van der Waals surface area contributed by atoms with E-state index in [1.54, 1.807) is 7.05 Å². The highest BCUT2D eigenvalue weighted by molar-refractivity contribution is 5.64. The molecule has 0 aliphatic carbocycles. The summed E-state index contributed by atoms with van der Waals surface area (Å²) < 4.78 is 0. The number of carbonyl (C=O) groups is 1. The molecule has 0 aromatic heterocycles. The first-order valence-corrected chi connectivity index (χ1v) is 4.91. The zero-order valence-electron chi connectivity index (χ0n) is 8.44. The smallest absolute Gasteiger partial charge is 0.407 e. The van der Waals surface area contributed by atoms with E-state index in [1.165, 1.54) is 4.90 Å². The molecule has 0 aromatic carbocycles. The predicted octanol–water partition coefficient (Wildman–Crippen LogP) is -0.0433. The van der Waals surface area contributed by atoms with Crippen LogP contribution in [0.2, 0.25) is 0 Å². The molecule has 1 rings (SSSR count). The lowest BCUT2D eigenvalue weighted by Crippen LogP contribution is -2.43. The largest absolute Gasteiger partial charge is 0.465 e. The third-order valence-electron chi connectivity index (χ3n) is 2.68. The zero-order chi connectivity index (χ0) is 10.6. The number of rotatable bonds is 3. The average molecular weight is 202 g/mol. The topological polar surface area (TPSA) is 72.8 Å². The molecule has 1 aliphatic heterocycles. The third kappa shape index (κ3) is 3.16. The Morgan fingerprint density at radius 2 is 2.36 bits per heavy atom. The van der Waals surface area contributed by atoms with Crippen molar-refractivity contribution >= 4 is 6.09 Å². The van der Waals surface area contributed by atoms with Gasteiger partial charge in [0.25, 0.3) is 0 Å². The Hall–Kier alpha value is -0.810. The molecule has 0 spiro atoms. The number of hydrogen-bond acceptors (Lipinski definition) is 3. The van der Waals surface area contributed by atoms with E-state index < -0.39 is 6.09 Å². The molecular formula is C9H18N2O3. The van der Waals surface area contributed by atoms with Crippen molar-refractivity contribution in [1.29, 1.82) is 0 Å². The second-order valence-electron chi connectivity index (χ2n) is 3.89. The Morgan fingerprint density at radius 3 is 2.93 bits per heavy atom. The number of nitrogens with zero attached hydrogens (tertiary/aromatic N) is 1. The Kier molecular flexibility index (Phi) is 4.16. The maximum Gasteiger partial charge on any atom is 0.407 e. The minimum atomic E-state index is -0.885. The number of amides is 1. The molecule has 0 aromatic rings. The van der Waals surface area contributed by atoms with Gasteiger partial charge in [0.2, 0.25) is 0 Å². The maximum atomic E-state index is 10.6. The highest BCUT2D eigenvalue weighted by atomic mass is 16.4. The molecule has 5 nitrogen and oxygen atoms in total. The molecule has 0 bridgehead atoms. The SMILES string of the molecule is CN(CC1CCNC(CO)C1)C(=O)O. The fraction of sp³-hybridized carbons (Fsp3) is 0.889. The molecule has 5 heteroatoms. The third-order valence-corrected chi connectivity index (χ3v) is 2.68. The van der Waals surface area contributed by atoms with Crippen molar-refractivity contribution in [1.82, 2.24) is 10.2 Å². The van der Waals surface area contributed by atoms with E-state index in [0.29, 0.717) is 12.5 Å². The van der Waals surface area contributed by atoms with Crippen LogP contribution in [-0.4, -0.2) is 54.0 Å². The van der Waals surface area contributed by atoms with E-state index in [-0.39, 0.29) is 12.6 Å². The molecule has 14 heavy (non-hydrogen) atoms. The van der Waals surface area contributed by atoms with E-state index in [2.05, 4.69) is 5.32 Å². The second-order valence-corrected chi connectivity index (χ2v) is 3.89. The minimum Gasteiger partial charge on any atom is -0.465 e. The van der Waals surface area contributed by atoms with Gasteiger partial charge in [-0.25, -0.2) is 4.79 Å². The molecule has 3 N–H and O–H groups in total. The first-order chi connectivity index (χ1) is 6.63. The van der Waals surface area contributed by atoms with Gasteiger partial charge in [-0.3, -0.25) is 0 Å². The number of hydrogen-bond donors (Lipinski definition) is 3. The van der Waals surface area contributed by atoms with Crippen LogP contribution in [-0.2, 0) is 0 Å². The van der Waals surface area contributed by atoms with Crippen LogP contribution in [0.3, 0.4) is 0 Å². The number of aliphatic hydroxyl groups is 1. The summed E-state index contributed by atoms with van der Waals surface area (Å²) in [7, 11) is 1.58. The first-order valence-electron chi connectivity index (χ1n) is 4.91. The van der Waals surface area contributed by atoms with Crippen molar-refractivity contribution in [2.24, 2.45) is 5.92 Å². The van der Waals surface area contributed by atoms with Crippen LogP contribution in [0.15, 0.2) is 0 Å². The fourth-order valence-corrected chi connectivity index (χ4v) is 1.87. The number of aliphatic hydroxyl groups excluding tert-OH is 1. The Morgan fingerprint density at radius 1 is 1.64 bits per heavy atom. The van der Waals surface area contributed by atoms with Crippen molar-refractivity contribution in [2.45, 2.75) is 18.9 Å². The van der Waals surface area contributed by atoms with E-state index in [0.717, 1.165) is 19.4 Å². The van der Waals surface area contributed by atoms with E-state index in [1.807, 2.05) is 0 Å². The molecule has 0 radical (unpaired) electrons. The summed E-state index contributed by atoms with van der Waals surface area (Å²) in [5, 5.41) is 20.8. The van der Waals surface area contributed by atoms with Crippen LogP contribution < -0.4 is 5.32 Å². The molecule has 0 saturated carbocycles. The highest BCUT2D eigenvalue weighted by Gasteiger charge is 2.22. The Labute approximate surface area is 83.7 Å². The fourth-order valence-electron chi connectivity index (χ4n) is 1.87. The van der Waals surface area contributed by atoms with Crippen LogP contribution in [0.4, 0.5) is 4.79 Å². The lowest BCUT2D eigenvalue weighted by molar-refractivity contribution is 0.134. The molecular weight excluding hydrogens is 184 g/mol. The highest BCUT2D eigenvalue weighted by Crippen LogP contribution is 2.16. The second kappa shape index (κ2) is 5.17. The van der Waals surface area contributed by atoms with Crippen LogP contribution >= 0.6 is 0 Å². The number of nitrogens with one attached hydrogen (secondary N) is 1. The molecule has 1 fully saturated rings. The molecule has 1 amide bonds. The molecule has 2 atom stereocenters. The van der Waals surface area contributed by atoms with E-state index in [4.69, 9.17) is 10.2 Å². The van der Waals surface area contributed by atoms with Crippen molar-refractivity contribution in [2.75, 3.05) is 26.7 Å². The molecule has 1 saturated heterocycles. The Bertz CT molecular complexity index is 198. The quantitative estimate of drug-likeness (QED) is 0.600. The standard InChI is InChI=1S/C9H18N2O3/c1-11(9(13)14)5-7-2-3-10-8(4-7)6-12/h7-8,10,12H,2-6H2,1H3,(H,13,14). The summed E-state index contributed by atoms with van der Waals surface area (Å²) >= 11 is 0. The normalized spacial score (nSPS) is 27.3. The Balaban J connectivity index is 2.33. The minimum absolute atomic E-state index is 0.132. The van der Waals surface area contributed by atoms with Gasteiger partial charge in [-0.05, 0) is 25.3 Å². The van der Waals surface area contributed by atoms with Gasteiger partial charge in [0.15, 0.2) is 0 Å². The van der Waals surface area contributed by atoms with Gasteiger partial charge in [-0.15, -0.1) is 0 Å². The van der Waals surface area contributed by atoms with E-state index in [9.17, 15) is 4.79 Å². The average Bonchev–Trinajstić information content (AvgIpc) is 2.18. The lowest BCUT2D eigenvalue weighted by atomic mass is 9.92. The van der Waals surface area contributed by atoms with Crippen molar-refractivity contribution in [3.8, 4) is 0 Å².